The minimum Gasteiger partial charge on any atom is -0.437 e. The fraction of sp³-hybridized carbons (Fsp3) is 0.267. The highest BCUT2D eigenvalue weighted by molar-refractivity contribution is 6.32. The first kappa shape index (κ1) is 15.1. The molecule has 1 aromatic heterocycles. The molecule has 2 rings (SSSR count). The van der Waals surface area contributed by atoms with E-state index in [0.717, 1.165) is 17.7 Å². The highest BCUT2D eigenvalue weighted by Gasteiger charge is 2.07. The Bertz CT molecular complexity index is 602. The fourth-order valence-corrected chi connectivity index (χ4v) is 2.15. The van der Waals surface area contributed by atoms with Crippen LogP contribution in [0, 0.1) is 6.92 Å². The molecule has 2 aromatic rings. The molecule has 0 amide bonds. The Labute approximate surface area is 128 Å². The van der Waals surface area contributed by atoms with Crippen molar-refractivity contribution in [2.24, 2.45) is 0 Å². The van der Waals surface area contributed by atoms with E-state index in [1.165, 1.54) is 0 Å². The number of pyridine rings is 1. The standard InChI is InChI=1S/C15H16Cl2N2O/c1-3-18-8-11-7-15(19-9-13(11)17)20-14-5-4-10(2)6-12(14)16/h4-7,9,18H,3,8H2,1-2H3. The van der Waals surface area contributed by atoms with Crippen molar-refractivity contribution in [2.75, 3.05) is 6.54 Å². The summed E-state index contributed by atoms with van der Waals surface area (Å²) in [6, 6.07) is 7.45. The van der Waals surface area contributed by atoms with Crippen LogP contribution >= 0.6 is 23.2 Å². The van der Waals surface area contributed by atoms with E-state index in [4.69, 9.17) is 27.9 Å². The van der Waals surface area contributed by atoms with E-state index in [1.807, 2.05) is 38.1 Å². The third-order valence-electron chi connectivity index (χ3n) is 2.78. The number of aromatic nitrogens is 1. The van der Waals surface area contributed by atoms with Crippen LogP contribution in [0.5, 0.6) is 11.6 Å². The van der Waals surface area contributed by atoms with Gasteiger partial charge in [-0.05, 0) is 36.7 Å². The Kier molecular flexibility index (Phi) is 5.24. The van der Waals surface area contributed by atoms with Gasteiger partial charge in [-0.2, -0.15) is 0 Å². The predicted octanol–water partition coefficient (Wildman–Crippen LogP) is 4.60. The zero-order chi connectivity index (χ0) is 14.5. The van der Waals surface area contributed by atoms with Gasteiger partial charge in [-0.15, -0.1) is 0 Å². The molecule has 5 heteroatoms. The Morgan fingerprint density at radius 1 is 1.20 bits per heavy atom. The van der Waals surface area contributed by atoms with Gasteiger partial charge in [0.15, 0.2) is 0 Å². The average molecular weight is 311 g/mol. The minimum absolute atomic E-state index is 0.480. The van der Waals surface area contributed by atoms with Crippen molar-refractivity contribution in [3.8, 4) is 11.6 Å². The van der Waals surface area contributed by atoms with Crippen molar-refractivity contribution in [2.45, 2.75) is 20.4 Å². The normalized spacial score (nSPS) is 10.6. The molecule has 0 saturated carbocycles. The summed E-state index contributed by atoms with van der Waals surface area (Å²) < 4.78 is 5.71. The van der Waals surface area contributed by atoms with Gasteiger partial charge in [-0.1, -0.05) is 36.2 Å². The second-order valence-electron chi connectivity index (χ2n) is 4.43. The maximum atomic E-state index is 6.14. The summed E-state index contributed by atoms with van der Waals surface area (Å²) in [6.45, 7) is 5.57. The van der Waals surface area contributed by atoms with Gasteiger partial charge < -0.3 is 10.1 Å². The molecule has 106 valence electrons. The molecule has 0 atom stereocenters. The molecule has 3 nitrogen and oxygen atoms in total. The lowest BCUT2D eigenvalue weighted by molar-refractivity contribution is 0.462. The van der Waals surface area contributed by atoms with E-state index in [0.29, 0.717) is 28.2 Å². The average Bonchev–Trinajstić information content (AvgIpc) is 2.42. The first-order valence-corrected chi connectivity index (χ1v) is 7.15. The Balaban J connectivity index is 2.20. The van der Waals surface area contributed by atoms with E-state index in [1.54, 1.807) is 6.20 Å². The molecule has 0 unspecified atom stereocenters. The van der Waals surface area contributed by atoms with E-state index >= 15 is 0 Å². The van der Waals surface area contributed by atoms with Crippen LogP contribution < -0.4 is 10.1 Å². The van der Waals surface area contributed by atoms with Gasteiger partial charge in [0.1, 0.15) is 5.75 Å². The van der Waals surface area contributed by atoms with Crippen molar-refractivity contribution in [3.63, 3.8) is 0 Å². The lowest BCUT2D eigenvalue weighted by atomic mass is 10.2. The highest BCUT2D eigenvalue weighted by Crippen LogP contribution is 2.30. The number of ether oxygens (including phenoxy) is 1. The molecule has 1 aromatic carbocycles. The summed E-state index contributed by atoms with van der Waals surface area (Å²) in [7, 11) is 0. The molecule has 0 aliphatic rings. The topological polar surface area (TPSA) is 34.1 Å². The minimum atomic E-state index is 0.480. The zero-order valence-corrected chi connectivity index (χ0v) is 12.9. The maximum Gasteiger partial charge on any atom is 0.219 e. The summed E-state index contributed by atoms with van der Waals surface area (Å²) in [5, 5.41) is 4.41. The van der Waals surface area contributed by atoms with Crippen LogP contribution in [0.4, 0.5) is 0 Å². The number of nitrogens with zero attached hydrogens (tertiary/aromatic N) is 1. The van der Waals surface area contributed by atoms with Crippen LogP contribution in [0.3, 0.4) is 0 Å². The Hall–Kier alpha value is -1.29. The molecule has 0 fully saturated rings. The molecule has 0 radical (unpaired) electrons. The number of benzene rings is 1. The number of nitrogens with one attached hydrogen (secondary N) is 1. The van der Waals surface area contributed by atoms with Gasteiger partial charge >= 0.3 is 0 Å². The molecular formula is C15H16Cl2N2O. The van der Waals surface area contributed by atoms with Crippen LogP contribution in [0.25, 0.3) is 0 Å². The SMILES string of the molecule is CCNCc1cc(Oc2ccc(C)cc2Cl)ncc1Cl. The molecule has 0 saturated heterocycles. The number of hydrogen-bond acceptors (Lipinski definition) is 3. The number of aryl methyl sites for hydroxylation is 1. The third kappa shape index (κ3) is 3.85. The predicted molar refractivity (Wildman–Crippen MR) is 82.9 cm³/mol. The van der Waals surface area contributed by atoms with Gasteiger partial charge in [0.2, 0.25) is 5.88 Å². The first-order valence-electron chi connectivity index (χ1n) is 6.39. The molecule has 0 aliphatic carbocycles. The van der Waals surface area contributed by atoms with Crippen LogP contribution in [-0.4, -0.2) is 11.5 Å². The fourth-order valence-electron chi connectivity index (χ4n) is 1.71. The van der Waals surface area contributed by atoms with E-state index < -0.39 is 0 Å². The Morgan fingerprint density at radius 2 is 2.00 bits per heavy atom. The monoisotopic (exact) mass is 310 g/mol. The van der Waals surface area contributed by atoms with Crippen molar-refractivity contribution in [1.29, 1.82) is 0 Å². The van der Waals surface area contributed by atoms with Crippen molar-refractivity contribution in [3.05, 3.63) is 51.6 Å². The third-order valence-corrected chi connectivity index (χ3v) is 3.41. The van der Waals surface area contributed by atoms with Crippen molar-refractivity contribution in [1.82, 2.24) is 10.3 Å². The molecule has 0 bridgehead atoms. The molecule has 1 N–H and O–H groups in total. The number of halogens is 2. The summed E-state index contributed by atoms with van der Waals surface area (Å²) >= 11 is 12.2. The summed E-state index contributed by atoms with van der Waals surface area (Å²) in [5.74, 6) is 1.06. The lowest BCUT2D eigenvalue weighted by Crippen LogP contribution is -2.12. The lowest BCUT2D eigenvalue weighted by Gasteiger charge is -2.10. The summed E-state index contributed by atoms with van der Waals surface area (Å²) in [6.07, 6.45) is 1.59. The number of hydrogen-bond donors (Lipinski definition) is 1. The van der Waals surface area contributed by atoms with Gasteiger partial charge in [0, 0.05) is 18.8 Å². The van der Waals surface area contributed by atoms with Crippen LogP contribution in [0.15, 0.2) is 30.5 Å². The van der Waals surface area contributed by atoms with Crippen LogP contribution in [0.1, 0.15) is 18.1 Å². The van der Waals surface area contributed by atoms with Crippen LogP contribution in [0.2, 0.25) is 10.0 Å². The molecular weight excluding hydrogens is 295 g/mol. The summed E-state index contributed by atoms with van der Waals surface area (Å²) in [5.41, 5.74) is 2.03. The van der Waals surface area contributed by atoms with E-state index in [-0.39, 0.29) is 0 Å². The second kappa shape index (κ2) is 6.93. The van der Waals surface area contributed by atoms with E-state index in [2.05, 4.69) is 10.3 Å². The van der Waals surface area contributed by atoms with Gasteiger partial charge in [0.25, 0.3) is 0 Å². The first-order chi connectivity index (χ1) is 9.60. The smallest absolute Gasteiger partial charge is 0.219 e. The van der Waals surface area contributed by atoms with Gasteiger partial charge in [-0.25, -0.2) is 4.98 Å². The number of rotatable bonds is 5. The largest absolute Gasteiger partial charge is 0.437 e. The van der Waals surface area contributed by atoms with Gasteiger partial charge in [-0.3, -0.25) is 0 Å². The van der Waals surface area contributed by atoms with Crippen LogP contribution in [-0.2, 0) is 6.54 Å². The second-order valence-corrected chi connectivity index (χ2v) is 5.24. The zero-order valence-electron chi connectivity index (χ0n) is 11.4. The van der Waals surface area contributed by atoms with Crippen molar-refractivity contribution < 1.29 is 4.74 Å². The maximum absolute atomic E-state index is 6.14. The molecule has 0 spiro atoms. The van der Waals surface area contributed by atoms with Crippen molar-refractivity contribution >= 4 is 23.2 Å². The molecule has 1 heterocycles. The quantitative estimate of drug-likeness (QED) is 0.876. The molecule has 20 heavy (non-hydrogen) atoms. The summed E-state index contributed by atoms with van der Waals surface area (Å²) in [4.78, 5) is 4.17. The highest BCUT2D eigenvalue weighted by atomic mass is 35.5. The van der Waals surface area contributed by atoms with Gasteiger partial charge in [0.05, 0.1) is 10.0 Å². The Morgan fingerprint density at radius 3 is 2.70 bits per heavy atom. The molecule has 0 aliphatic heterocycles. The van der Waals surface area contributed by atoms with E-state index in [9.17, 15) is 0 Å².